The molecule has 0 aromatic carbocycles. The Balaban J connectivity index is 3.68. The summed E-state index contributed by atoms with van der Waals surface area (Å²) in [6.07, 6.45) is 30.1. The summed E-state index contributed by atoms with van der Waals surface area (Å²) in [5.74, 6) is -0.489. The summed E-state index contributed by atoms with van der Waals surface area (Å²) >= 11 is 0. The molecule has 0 aliphatic carbocycles. The average molecular weight is 547 g/mol. The van der Waals surface area contributed by atoms with Crippen LogP contribution < -0.4 is 0 Å². The van der Waals surface area contributed by atoms with E-state index >= 15 is 0 Å². The van der Waals surface area contributed by atoms with Gasteiger partial charge in [-0.1, -0.05) is 108 Å². The van der Waals surface area contributed by atoms with Crippen molar-refractivity contribution < 1.29 is 29.0 Å². The number of esters is 2. The van der Waals surface area contributed by atoms with Gasteiger partial charge in [0.2, 0.25) is 0 Å². The fraction of sp³-hybridized carbons (Fsp3) is 0.667. The van der Waals surface area contributed by atoms with Crippen LogP contribution in [0.5, 0.6) is 0 Å². The van der Waals surface area contributed by atoms with Gasteiger partial charge in [-0.25, -0.2) is 0 Å². The van der Waals surface area contributed by atoms with E-state index in [1.807, 2.05) is 18.2 Å². The molecular formula is C33H54O6. The molecule has 0 heterocycles. The molecule has 0 saturated carbocycles. The van der Waals surface area contributed by atoms with Crippen molar-refractivity contribution in [3.8, 4) is 0 Å². The number of carbonyl (C=O) groups is 3. The number of ketones is 1. The maximum atomic E-state index is 11.8. The molecule has 0 radical (unpaired) electrons. The third kappa shape index (κ3) is 28.4. The van der Waals surface area contributed by atoms with Crippen molar-refractivity contribution in [2.24, 2.45) is 0 Å². The van der Waals surface area contributed by atoms with Crippen LogP contribution in [0.1, 0.15) is 123 Å². The van der Waals surface area contributed by atoms with Crippen LogP contribution >= 0.6 is 0 Å². The van der Waals surface area contributed by atoms with Gasteiger partial charge in [0, 0.05) is 19.3 Å². The molecule has 0 saturated heterocycles. The molecule has 0 unspecified atom stereocenters. The maximum absolute atomic E-state index is 11.8. The van der Waals surface area contributed by atoms with Gasteiger partial charge < -0.3 is 14.6 Å². The summed E-state index contributed by atoms with van der Waals surface area (Å²) in [4.78, 5) is 35.2. The van der Waals surface area contributed by atoms with Gasteiger partial charge in [0.1, 0.15) is 19.3 Å². The number of hydrogen-bond donors (Lipinski definition) is 1. The fourth-order valence-corrected chi connectivity index (χ4v) is 3.68. The minimum absolute atomic E-state index is 0.149. The van der Waals surface area contributed by atoms with Crippen LogP contribution in [0.2, 0.25) is 0 Å². The number of unbranched alkanes of at least 4 members (excludes halogenated alkanes) is 9. The molecule has 0 spiro atoms. The number of aliphatic hydroxyl groups excluding tert-OH is 1. The number of aliphatic hydroxyl groups is 1. The Labute approximate surface area is 237 Å². The van der Waals surface area contributed by atoms with Crippen LogP contribution in [0.3, 0.4) is 0 Å². The molecular weight excluding hydrogens is 492 g/mol. The Hall–Kier alpha value is -2.47. The van der Waals surface area contributed by atoms with Gasteiger partial charge in [-0.2, -0.15) is 0 Å². The number of hydrogen-bond acceptors (Lipinski definition) is 6. The summed E-state index contributed by atoms with van der Waals surface area (Å²) in [6.45, 7) is 4.01. The largest absolute Gasteiger partial charge is 0.463 e. The van der Waals surface area contributed by atoms with Crippen molar-refractivity contribution in [2.45, 2.75) is 129 Å². The van der Waals surface area contributed by atoms with E-state index in [1.165, 1.54) is 25.7 Å². The van der Waals surface area contributed by atoms with Gasteiger partial charge in [0.25, 0.3) is 0 Å². The quantitative estimate of drug-likeness (QED) is 0.0390. The Kier molecular flexibility index (Phi) is 26.7. The highest BCUT2D eigenvalue weighted by molar-refractivity contribution is 5.89. The Morgan fingerprint density at radius 3 is 1.79 bits per heavy atom. The van der Waals surface area contributed by atoms with Crippen LogP contribution in [0, 0.1) is 0 Å². The number of allylic oxidation sites excluding steroid dienone is 8. The SMILES string of the molecule is CCCCCCCCCC(=O)OC[C@@H](O)COC(=O)CCC/C=C\C/C=C\C/C=C\C=C\C(=O)CCCCC. The van der Waals surface area contributed by atoms with Gasteiger partial charge in [0.05, 0.1) is 0 Å². The lowest BCUT2D eigenvalue weighted by Crippen LogP contribution is -2.25. The lowest BCUT2D eigenvalue weighted by molar-refractivity contribution is -0.152. The number of carbonyl (C=O) groups excluding carboxylic acids is 3. The molecule has 0 aromatic rings. The Morgan fingerprint density at radius 2 is 1.13 bits per heavy atom. The van der Waals surface area contributed by atoms with E-state index in [0.29, 0.717) is 19.3 Å². The fourth-order valence-electron chi connectivity index (χ4n) is 3.68. The molecule has 0 bridgehead atoms. The minimum atomic E-state index is -0.998. The lowest BCUT2D eigenvalue weighted by atomic mass is 10.1. The van der Waals surface area contributed by atoms with Crippen molar-refractivity contribution in [2.75, 3.05) is 13.2 Å². The highest BCUT2D eigenvalue weighted by Crippen LogP contribution is 2.09. The first kappa shape index (κ1) is 36.5. The molecule has 222 valence electrons. The van der Waals surface area contributed by atoms with Crippen LogP contribution in [0.25, 0.3) is 0 Å². The third-order valence-corrected chi connectivity index (χ3v) is 6.04. The van der Waals surface area contributed by atoms with Gasteiger partial charge in [-0.05, 0) is 44.6 Å². The molecule has 0 fully saturated rings. The third-order valence-electron chi connectivity index (χ3n) is 6.04. The van der Waals surface area contributed by atoms with Crippen molar-refractivity contribution in [3.05, 3.63) is 48.6 Å². The first-order valence-corrected chi connectivity index (χ1v) is 15.1. The van der Waals surface area contributed by atoms with Crippen LogP contribution in [0.15, 0.2) is 48.6 Å². The molecule has 0 rings (SSSR count). The molecule has 1 atom stereocenters. The number of rotatable bonds is 26. The molecule has 0 aliphatic rings. The van der Waals surface area contributed by atoms with Gasteiger partial charge in [-0.3, -0.25) is 14.4 Å². The molecule has 0 aromatic heterocycles. The van der Waals surface area contributed by atoms with Crippen molar-refractivity contribution in [3.63, 3.8) is 0 Å². The zero-order chi connectivity index (χ0) is 28.8. The Morgan fingerprint density at radius 1 is 0.615 bits per heavy atom. The summed E-state index contributed by atoms with van der Waals surface area (Å²) in [6, 6.07) is 0. The minimum Gasteiger partial charge on any atom is -0.463 e. The van der Waals surface area contributed by atoms with Crippen LogP contribution in [0.4, 0.5) is 0 Å². The summed E-state index contributed by atoms with van der Waals surface area (Å²) in [5.41, 5.74) is 0. The summed E-state index contributed by atoms with van der Waals surface area (Å²) < 4.78 is 10.1. The normalized spacial score (nSPS) is 12.7. The van der Waals surface area contributed by atoms with Crippen molar-refractivity contribution in [1.82, 2.24) is 0 Å². The van der Waals surface area contributed by atoms with Crippen LogP contribution in [-0.4, -0.2) is 42.1 Å². The van der Waals surface area contributed by atoms with Crippen LogP contribution in [-0.2, 0) is 23.9 Å². The van der Waals surface area contributed by atoms with E-state index in [4.69, 9.17) is 9.47 Å². The Bertz CT molecular complexity index is 734. The van der Waals surface area contributed by atoms with E-state index in [2.05, 4.69) is 32.1 Å². The standard InChI is InChI=1S/C33H54O6/c1-3-5-7-8-14-18-22-26-32(36)38-28-31(35)29-39-33(37)27-23-19-16-13-11-9-10-12-15-17-21-25-30(34)24-20-6-4-2/h9-10,13,15-17,21,25,31,35H,3-8,11-12,14,18-20,22-24,26-29H2,1-2H3/b10-9-,16-13-,17-15-,25-21+/t31-/m1/s1. The van der Waals surface area contributed by atoms with E-state index in [1.54, 1.807) is 12.2 Å². The van der Waals surface area contributed by atoms with Gasteiger partial charge in [0.15, 0.2) is 5.78 Å². The monoisotopic (exact) mass is 546 g/mol. The van der Waals surface area contributed by atoms with E-state index in [0.717, 1.165) is 57.8 Å². The predicted octanol–water partition coefficient (Wildman–Crippen LogP) is 7.90. The van der Waals surface area contributed by atoms with Gasteiger partial charge in [-0.15, -0.1) is 0 Å². The highest BCUT2D eigenvalue weighted by Gasteiger charge is 2.11. The lowest BCUT2D eigenvalue weighted by Gasteiger charge is -2.12. The molecule has 6 nitrogen and oxygen atoms in total. The zero-order valence-corrected chi connectivity index (χ0v) is 24.6. The zero-order valence-electron chi connectivity index (χ0n) is 24.6. The molecule has 6 heteroatoms. The molecule has 1 N–H and O–H groups in total. The molecule has 39 heavy (non-hydrogen) atoms. The molecule has 0 aliphatic heterocycles. The first-order valence-electron chi connectivity index (χ1n) is 15.1. The smallest absolute Gasteiger partial charge is 0.305 e. The average Bonchev–Trinajstić information content (AvgIpc) is 2.92. The summed E-state index contributed by atoms with van der Waals surface area (Å²) in [7, 11) is 0. The van der Waals surface area contributed by atoms with Crippen molar-refractivity contribution >= 4 is 17.7 Å². The predicted molar refractivity (Wildman–Crippen MR) is 159 cm³/mol. The van der Waals surface area contributed by atoms with E-state index in [9.17, 15) is 19.5 Å². The maximum Gasteiger partial charge on any atom is 0.305 e. The topological polar surface area (TPSA) is 89.9 Å². The summed E-state index contributed by atoms with van der Waals surface area (Å²) in [5, 5.41) is 9.88. The van der Waals surface area contributed by atoms with E-state index < -0.39 is 6.10 Å². The first-order chi connectivity index (χ1) is 19.0. The number of ether oxygens (including phenoxy) is 2. The second-order valence-electron chi connectivity index (χ2n) is 9.91. The van der Waals surface area contributed by atoms with Gasteiger partial charge >= 0.3 is 11.9 Å². The second kappa shape index (κ2) is 28.5. The van der Waals surface area contributed by atoms with E-state index in [-0.39, 0.29) is 37.4 Å². The molecule has 0 amide bonds. The van der Waals surface area contributed by atoms with Crippen molar-refractivity contribution in [1.29, 1.82) is 0 Å². The highest BCUT2D eigenvalue weighted by atomic mass is 16.6. The second-order valence-corrected chi connectivity index (χ2v) is 9.91.